The number of esters is 1. The summed E-state index contributed by atoms with van der Waals surface area (Å²) in [6, 6.07) is 17.3. The third-order valence-corrected chi connectivity index (χ3v) is 8.12. The molecule has 0 aliphatic carbocycles. The van der Waals surface area contributed by atoms with E-state index in [1.54, 1.807) is 32.9 Å². The second-order valence-electron chi connectivity index (χ2n) is 11.4. The number of nitrogens with one attached hydrogen (secondary N) is 1. The van der Waals surface area contributed by atoms with Crippen LogP contribution in [0.3, 0.4) is 0 Å². The number of ether oxygens (including phenoxy) is 1. The van der Waals surface area contributed by atoms with Crippen molar-refractivity contribution in [3.05, 3.63) is 97.9 Å². The number of benzene rings is 3. The molecule has 3 aromatic carbocycles. The van der Waals surface area contributed by atoms with Gasteiger partial charge in [-0.3, -0.25) is 9.59 Å². The van der Waals surface area contributed by atoms with Crippen molar-refractivity contribution in [2.45, 2.75) is 50.8 Å². The molecule has 2 aliphatic rings. The Kier molecular flexibility index (Phi) is 8.13. The van der Waals surface area contributed by atoms with E-state index in [0.717, 1.165) is 14.9 Å². The zero-order valence-electron chi connectivity index (χ0n) is 23.1. The number of nitrogens with zero attached hydrogens (tertiary/aromatic N) is 2. The third-order valence-electron chi connectivity index (χ3n) is 7.16. The number of imide groups is 1. The number of anilines is 1. The summed E-state index contributed by atoms with van der Waals surface area (Å²) < 4.78 is 6.27. The molecule has 2 saturated heterocycles. The standard InChI is InChI=1S/C31H28BrCl2N3O5/c1-30(2,3)42-27(39)20-8-6-19(7-9-20)26(38)35-24-16-31(15-18-4-10-21(32)11-5-18)28(40)37(29(41)36(31)17-24)25-13-22(33)12-23(34)14-25/h4-14,24H,15-17H2,1-3H3,(H,35,38)/t24-,31-/m1/s1. The van der Waals surface area contributed by atoms with E-state index in [4.69, 9.17) is 27.9 Å². The highest BCUT2D eigenvalue weighted by atomic mass is 79.9. The summed E-state index contributed by atoms with van der Waals surface area (Å²) in [6.07, 6.45) is 0.465. The van der Waals surface area contributed by atoms with Gasteiger partial charge in [-0.05, 0) is 80.9 Å². The van der Waals surface area contributed by atoms with Gasteiger partial charge in [0.1, 0.15) is 11.1 Å². The van der Waals surface area contributed by atoms with Crippen molar-refractivity contribution >= 4 is 68.6 Å². The van der Waals surface area contributed by atoms with Crippen molar-refractivity contribution in [1.82, 2.24) is 10.2 Å². The van der Waals surface area contributed by atoms with Crippen LogP contribution in [-0.4, -0.2) is 52.4 Å². The van der Waals surface area contributed by atoms with Gasteiger partial charge in [0.2, 0.25) is 0 Å². The van der Waals surface area contributed by atoms with Crippen LogP contribution >= 0.6 is 39.1 Å². The van der Waals surface area contributed by atoms with Crippen LogP contribution in [0.1, 0.15) is 53.5 Å². The van der Waals surface area contributed by atoms with Gasteiger partial charge in [0, 0.05) is 45.5 Å². The molecule has 4 amide bonds. The van der Waals surface area contributed by atoms with E-state index in [9.17, 15) is 19.2 Å². The molecule has 0 unspecified atom stereocenters. The molecule has 0 bridgehead atoms. The molecule has 2 aliphatic heterocycles. The SMILES string of the molecule is CC(C)(C)OC(=O)c1ccc(C(=O)N[C@H]2CN3C(=O)N(c4cc(Cl)cc(Cl)c4)C(=O)[C@@]3(Cc3ccc(Br)cc3)C2)cc1. The largest absolute Gasteiger partial charge is 0.456 e. The normalized spacial score (nSPS) is 20.1. The minimum atomic E-state index is -1.22. The highest BCUT2D eigenvalue weighted by Gasteiger charge is 2.62. The first-order chi connectivity index (χ1) is 19.8. The highest BCUT2D eigenvalue weighted by Crippen LogP contribution is 2.43. The lowest BCUT2D eigenvalue weighted by Gasteiger charge is -2.28. The molecule has 0 radical (unpaired) electrons. The number of carbonyl (C=O) groups excluding carboxylic acids is 4. The summed E-state index contributed by atoms with van der Waals surface area (Å²) in [5, 5.41) is 3.58. The Morgan fingerprint density at radius 1 is 0.976 bits per heavy atom. The third kappa shape index (κ3) is 6.04. The number of rotatable bonds is 6. The van der Waals surface area contributed by atoms with E-state index >= 15 is 0 Å². The molecular weight excluding hydrogens is 645 g/mol. The van der Waals surface area contributed by atoms with Crippen LogP contribution in [0.4, 0.5) is 10.5 Å². The molecule has 3 aromatic rings. The summed E-state index contributed by atoms with van der Waals surface area (Å²) >= 11 is 15.8. The number of hydrogen-bond acceptors (Lipinski definition) is 5. The first-order valence-corrected chi connectivity index (χ1v) is 14.8. The fourth-order valence-electron chi connectivity index (χ4n) is 5.40. The van der Waals surface area contributed by atoms with Crippen LogP contribution in [0.25, 0.3) is 0 Å². The Hall–Kier alpha value is -3.40. The van der Waals surface area contributed by atoms with Crippen LogP contribution in [0.5, 0.6) is 0 Å². The van der Waals surface area contributed by atoms with E-state index in [0.29, 0.717) is 21.2 Å². The molecular formula is C31H28BrCl2N3O5. The Bertz CT molecular complexity index is 1550. The number of halogens is 3. The summed E-state index contributed by atoms with van der Waals surface area (Å²) in [5.41, 5.74) is -0.0486. The second-order valence-corrected chi connectivity index (χ2v) is 13.2. The first-order valence-electron chi connectivity index (χ1n) is 13.3. The van der Waals surface area contributed by atoms with Crippen LogP contribution in [0.15, 0.2) is 71.2 Å². The van der Waals surface area contributed by atoms with E-state index in [-0.39, 0.29) is 31.0 Å². The summed E-state index contributed by atoms with van der Waals surface area (Å²) in [4.78, 5) is 56.1. The van der Waals surface area contributed by atoms with Gasteiger partial charge >= 0.3 is 12.0 Å². The quantitative estimate of drug-likeness (QED) is 0.233. The van der Waals surface area contributed by atoms with Crippen molar-refractivity contribution in [2.75, 3.05) is 11.4 Å². The molecule has 0 aromatic heterocycles. The molecule has 8 nitrogen and oxygen atoms in total. The minimum Gasteiger partial charge on any atom is -0.456 e. The van der Waals surface area contributed by atoms with Crippen LogP contribution in [-0.2, 0) is 16.0 Å². The molecule has 218 valence electrons. The zero-order chi connectivity index (χ0) is 30.4. The molecule has 42 heavy (non-hydrogen) atoms. The predicted molar refractivity (Wildman–Crippen MR) is 164 cm³/mol. The zero-order valence-corrected chi connectivity index (χ0v) is 26.2. The fraction of sp³-hybridized carbons (Fsp3) is 0.290. The molecule has 2 atom stereocenters. The summed E-state index contributed by atoms with van der Waals surface area (Å²) in [7, 11) is 0. The van der Waals surface area contributed by atoms with Gasteiger partial charge in [-0.1, -0.05) is 51.3 Å². The van der Waals surface area contributed by atoms with Gasteiger partial charge in [-0.25, -0.2) is 14.5 Å². The lowest BCUT2D eigenvalue weighted by atomic mass is 9.87. The van der Waals surface area contributed by atoms with Gasteiger partial charge in [-0.15, -0.1) is 0 Å². The number of hydrogen-bond donors (Lipinski definition) is 1. The predicted octanol–water partition coefficient (Wildman–Crippen LogP) is 6.66. The van der Waals surface area contributed by atoms with Gasteiger partial charge < -0.3 is 15.0 Å². The lowest BCUT2D eigenvalue weighted by Crippen LogP contribution is -2.47. The Morgan fingerprint density at radius 2 is 1.57 bits per heavy atom. The van der Waals surface area contributed by atoms with Crippen molar-refractivity contribution in [2.24, 2.45) is 0 Å². The molecule has 2 heterocycles. The maximum absolute atomic E-state index is 14.1. The van der Waals surface area contributed by atoms with Gasteiger partial charge in [0.25, 0.3) is 11.8 Å². The summed E-state index contributed by atoms with van der Waals surface area (Å²) in [5.74, 6) is -1.27. The maximum atomic E-state index is 14.1. The van der Waals surface area contributed by atoms with Crippen LogP contribution in [0, 0.1) is 0 Å². The Balaban J connectivity index is 1.39. The molecule has 11 heteroatoms. The number of amides is 4. The number of carbonyl (C=O) groups is 4. The second kappa shape index (κ2) is 11.4. The topological polar surface area (TPSA) is 96.0 Å². The van der Waals surface area contributed by atoms with Gasteiger partial charge in [-0.2, -0.15) is 0 Å². The minimum absolute atomic E-state index is 0.133. The average molecular weight is 673 g/mol. The Labute approximate surface area is 262 Å². The Morgan fingerprint density at radius 3 is 2.17 bits per heavy atom. The first kappa shape index (κ1) is 30.1. The lowest BCUT2D eigenvalue weighted by molar-refractivity contribution is -0.124. The maximum Gasteiger partial charge on any atom is 0.338 e. The van der Waals surface area contributed by atoms with Crippen molar-refractivity contribution in [1.29, 1.82) is 0 Å². The highest BCUT2D eigenvalue weighted by molar-refractivity contribution is 9.10. The van der Waals surface area contributed by atoms with E-state index in [1.807, 2.05) is 24.3 Å². The molecule has 1 N–H and O–H groups in total. The fourth-order valence-corrected chi connectivity index (χ4v) is 6.18. The molecule has 5 rings (SSSR count). The average Bonchev–Trinajstić information content (AvgIpc) is 3.35. The van der Waals surface area contributed by atoms with E-state index in [1.165, 1.54) is 35.2 Å². The summed E-state index contributed by atoms with van der Waals surface area (Å²) in [6.45, 7) is 5.47. The molecule has 0 spiro atoms. The van der Waals surface area contributed by atoms with Crippen molar-refractivity contribution in [3.63, 3.8) is 0 Å². The number of urea groups is 1. The van der Waals surface area contributed by atoms with Gasteiger partial charge in [0.05, 0.1) is 11.3 Å². The monoisotopic (exact) mass is 671 g/mol. The number of fused-ring (bicyclic) bond motifs is 1. The van der Waals surface area contributed by atoms with Gasteiger partial charge in [0.15, 0.2) is 0 Å². The van der Waals surface area contributed by atoms with E-state index < -0.39 is 35.1 Å². The smallest absolute Gasteiger partial charge is 0.338 e. The van der Waals surface area contributed by atoms with E-state index in [2.05, 4.69) is 21.2 Å². The molecule has 0 saturated carbocycles. The van der Waals surface area contributed by atoms with Crippen molar-refractivity contribution in [3.8, 4) is 0 Å². The van der Waals surface area contributed by atoms with Crippen molar-refractivity contribution < 1.29 is 23.9 Å². The molecule has 2 fully saturated rings. The van der Waals surface area contributed by atoms with Crippen LogP contribution < -0.4 is 10.2 Å². The van der Waals surface area contributed by atoms with Crippen LogP contribution in [0.2, 0.25) is 10.0 Å².